The highest BCUT2D eigenvalue weighted by molar-refractivity contribution is 9.10. The summed E-state index contributed by atoms with van der Waals surface area (Å²) in [6, 6.07) is 11.1. The second-order valence-electron chi connectivity index (χ2n) is 5.04. The number of nitrogens with one attached hydrogen (secondary N) is 1. The standard InChI is InChI=1S/C16H15BrN2O3/c1-19-9-11(10-4-2-3-5-12(10)19)13(20)8-18-16(21)14-6-7-15(17)22-14/h2-7,9,13,20H,8H2,1H3,(H,18,21). The van der Waals surface area contributed by atoms with Gasteiger partial charge in [0.05, 0.1) is 6.10 Å². The molecule has 1 amide bonds. The Morgan fingerprint density at radius 2 is 2.14 bits per heavy atom. The van der Waals surface area contributed by atoms with Crippen LogP contribution in [0.15, 0.2) is 51.7 Å². The highest BCUT2D eigenvalue weighted by Crippen LogP contribution is 2.25. The van der Waals surface area contributed by atoms with Crippen molar-refractivity contribution < 1.29 is 14.3 Å². The Labute approximate surface area is 135 Å². The molecule has 0 fully saturated rings. The zero-order valence-electron chi connectivity index (χ0n) is 11.9. The molecular formula is C16H15BrN2O3. The van der Waals surface area contributed by atoms with Crippen molar-refractivity contribution in [3.8, 4) is 0 Å². The number of carbonyl (C=O) groups excluding carboxylic acids is 1. The van der Waals surface area contributed by atoms with Gasteiger partial charge in [-0.1, -0.05) is 18.2 Å². The van der Waals surface area contributed by atoms with Gasteiger partial charge < -0.3 is 19.4 Å². The quantitative estimate of drug-likeness (QED) is 0.749. The molecule has 2 aromatic heterocycles. The number of hydrogen-bond acceptors (Lipinski definition) is 3. The molecule has 114 valence electrons. The number of furan rings is 1. The van der Waals surface area contributed by atoms with Crippen LogP contribution in [0.1, 0.15) is 22.2 Å². The number of fused-ring (bicyclic) bond motifs is 1. The van der Waals surface area contributed by atoms with Crippen molar-refractivity contribution in [1.29, 1.82) is 0 Å². The number of para-hydroxylation sites is 1. The number of rotatable bonds is 4. The SMILES string of the molecule is Cn1cc(C(O)CNC(=O)c2ccc(Br)o2)c2ccccc21. The first-order valence-electron chi connectivity index (χ1n) is 6.82. The lowest BCUT2D eigenvalue weighted by Gasteiger charge is -2.10. The van der Waals surface area contributed by atoms with E-state index in [1.807, 2.05) is 42.1 Å². The smallest absolute Gasteiger partial charge is 0.287 e. The summed E-state index contributed by atoms with van der Waals surface area (Å²) in [6.45, 7) is 0.116. The van der Waals surface area contributed by atoms with Crippen LogP contribution in [0.4, 0.5) is 0 Å². The number of hydrogen-bond donors (Lipinski definition) is 2. The molecule has 0 saturated carbocycles. The van der Waals surface area contributed by atoms with Crippen molar-refractivity contribution in [3.63, 3.8) is 0 Å². The first kappa shape index (κ1) is 14.9. The molecule has 22 heavy (non-hydrogen) atoms. The van der Waals surface area contributed by atoms with Gasteiger partial charge in [0.25, 0.3) is 5.91 Å². The third-order valence-electron chi connectivity index (χ3n) is 3.54. The number of halogens is 1. The highest BCUT2D eigenvalue weighted by Gasteiger charge is 2.17. The van der Waals surface area contributed by atoms with E-state index in [-0.39, 0.29) is 18.2 Å². The second kappa shape index (κ2) is 5.98. The van der Waals surface area contributed by atoms with Crippen molar-refractivity contribution in [2.75, 3.05) is 6.54 Å². The molecule has 1 unspecified atom stereocenters. The largest absolute Gasteiger partial charge is 0.444 e. The Hall–Kier alpha value is -2.05. The van der Waals surface area contributed by atoms with Crippen LogP contribution in [0, 0.1) is 0 Å². The van der Waals surface area contributed by atoms with Crippen molar-refractivity contribution in [2.24, 2.45) is 7.05 Å². The highest BCUT2D eigenvalue weighted by atomic mass is 79.9. The second-order valence-corrected chi connectivity index (χ2v) is 5.82. The molecule has 2 heterocycles. The van der Waals surface area contributed by atoms with Crippen LogP contribution in [0.3, 0.4) is 0 Å². The molecule has 5 nitrogen and oxygen atoms in total. The Balaban J connectivity index is 1.74. The fourth-order valence-electron chi connectivity index (χ4n) is 2.46. The number of amides is 1. The van der Waals surface area contributed by atoms with Crippen LogP contribution in [0.5, 0.6) is 0 Å². The van der Waals surface area contributed by atoms with Gasteiger partial charge in [-0.2, -0.15) is 0 Å². The molecule has 0 saturated heterocycles. The summed E-state index contributed by atoms with van der Waals surface area (Å²) in [6.07, 6.45) is 1.10. The van der Waals surface area contributed by atoms with Crippen LogP contribution in [0.25, 0.3) is 10.9 Å². The van der Waals surface area contributed by atoms with E-state index < -0.39 is 6.10 Å². The average Bonchev–Trinajstić information content (AvgIpc) is 3.09. The van der Waals surface area contributed by atoms with Crippen molar-refractivity contribution in [3.05, 3.63) is 58.6 Å². The minimum atomic E-state index is -0.784. The van der Waals surface area contributed by atoms with E-state index in [0.717, 1.165) is 16.5 Å². The van der Waals surface area contributed by atoms with Gasteiger partial charge in [0.1, 0.15) is 0 Å². The predicted molar refractivity (Wildman–Crippen MR) is 86.6 cm³/mol. The van der Waals surface area contributed by atoms with Crippen molar-refractivity contribution in [1.82, 2.24) is 9.88 Å². The molecule has 0 radical (unpaired) electrons. The first-order valence-corrected chi connectivity index (χ1v) is 7.61. The number of aromatic nitrogens is 1. The number of carbonyl (C=O) groups is 1. The lowest BCUT2D eigenvalue weighted by atomic mass is 10.1. The number of benzene rings is 1. The zero-order valence-corrected chi connectivity index (χ0v) is 13.5. The maximum Gasteiger partial charge on any atom is 0.287 e. The van der Waals surface area contributed by atoms with Crippen LogP contribution in [-0.4, -0.2) is 22.1 Å². The van der Waals surface area contributed by atoms with E-state index in [9.17, 15) is 9.90 Å². The number of aliphatic hydroxyl groups excluding tert-OH is 1. The van der Waals surface area contributed by atoms with Crippen molar-refractivity contribution in [2.45, 2.75) is 6.10 Å². The Kier molecular flexibility index (Phi) is 4.04. The number of aliphatic hydroxyl groups is 1. The summed E-state index contributed by atoms with van der Waals surface area (Å²) >= 11 is 3.15. The molecule has 0 aliphatic heterocycles. The number of aryl methyl sites for hydroxylation is 1. The molecule has 0 aliphatic rings. The maximum absolute atomic E-state index is 11.9. The summed E-state index contributed by atoms with van der Waals surface area (Å²) in [5.74, 6) is -0.151. The molecule has 3 rings (SSSR count). The monoisotopic (exact) mass is 362 g/mol. The van der Waals surface area contributed by atoms with E-state index in [2.05, 4.69) is 21.2 Å². The maximum atomic E-state index is 11.9. The van der Waals surface area contributed by atoms with Crippen molar-refractivity contribution >= 4 is 32.7 Å². The third-order valence-corrected chi connectivity index (χ3v) is 3.97. The normalized spacial score (nSPS) is 12.5. The zero-order chi connectivity index (χ0) is 15.7. The summed E-state index contributed by atoms with van der Waals surface area (Å²) < 4.78 is 7.63. The van der Waals surface area contributed by atoms with Gasteiger partial charge in [0, 0.05) is 36.3 Å². The minimum Gasteiger partial charge on any atom is -0.444 e. The summed E-state index contributed by atoms with van der Waals surface area (Å²) in [4.78, 5) is 11.9. The van der Waals surface area contributed by atoms with E-state index in [1.165, 1.54) is 0 Å². The molecule has 1 aromatic carbocycles. The summed E-state index contributed by atoms with van der Waals surface area (Å²) in [7, 11) is 1.93. The van der Waals surface area contributed by atoms with E-state index in [1.54, 1.807) is 12.1 Å². The van der Waals surface area contributed by atoms with Crippen LogP contribution >= 0.6 is 15.9 Å². The molecule has 0 spiro atoms. The molecule has 6 heteroatoms. The van der Waals surface area contributed by atoms with Gasteiger partial charge in [0.15, 0.2) is 10.4 Å². The summed E-state index contributed by atoms with van der Waals surface area (Å²) in [5, 5.41) is 14.0. The van der Waals surface area contributed by atoms with Gasteiger partial charge in [0.2, 0.25) is 0 Å². The predicted octanol–water partition coefficient (Wildman–Crippen LogP) is 3.00. The van der Waals surface area contributed by atoms with Crippen LogP contribution in [-0.2, 0) is 7.05 Å². The van der Waals surface area contributed by atoms with E-state index in [4.69, 9.17) is 4.42 Å². The van der Waals surface area contributed by atoms with Gasteiger partial charge in [-0.3, -0.25) is 4.79 Å². The molecule has 0 bridgehead atoms. The Morgan fingerprint density at radius 3 is 2.86 bits per heavy atom. The lowest BCUT2D eigenvalue weighted by Crippen LogP contribution is -2.28. The fourth-order valence-corrected chi connectivity index (χ4v) is 2.77. The van der Waals surface area contributed by atoms with Gasteiger partial charge in [-0.25, -0.2) is 0 Å². The van der Waals surface area contributed by atoms with Gasteiger partial charge in [-0.05, 0) is 34.1 Å². The third kappa shape index (κ3) is 2.80. The molecule has 0 aliphatic carbocycles. The minimum absolute atomic E-state index is 0.116. The molecule has 3 aromatic rings. The van der Waals surface area contributed by atoms with E-state index in [0.29, 0.717) is 4.67 Å². The molecular weight excluding hydrogens is 348 g/mol. The Morgan fingerprint density at radius 1 is 1.36 bits per heavy atom. The van der Waals surface area contributed by atoms with Gasteiger partial charge >= 0.3 is 0 Å². The van der Waals surface area contributed by atoms with E-state index >= 15 is 0 Å². The molecule has 1 atom stereocenters. The fraction of sp³-hybridized carbons (Fsp3) is 0.188. The summed E-state index contributed by atoms with van der Waals surface area (Å²) in [5.41, 5.74) is 1.83. The van der Waals surface area contributed by atoms with Crippen LogP contribution < -0.4 is 5.32 Å². The van der Waals surface area contributed by atoms with Gasteiger partial charge in [-0.15, -0.1) is 0 Å². The number of nitrogens with zero attached hydrogens (tertiary/aromatic N) is 1. The lowest BCUT2D eigenvalue weighted by molar-refractivity contribution is 0.0888. The topological polar surface area (TPSA) is 67.4 Å². The first-order chi connectivity index (χ1) is 10.6. The Bertz CT molecular complexity index is 822. The van der Waals surface area contributed by atoms with Crippen LogP contribution in [0.2, 0.25) is 0 Å². The average molecular weight is 363 g/mol. The molecule has 2 N–H and O–H groups in total.